The van der Waals surface area contributed by atoms with Crippen molar-refractivity contribution in [2.75, 3.05) is 70.6 Å². The Morgan fingerprint density at radius 2 is 1.34 bits per heavy atom. The zero-order valence-corrected chi connectivity index (χ0v) is 22.0. The third-order valence-corrected chi connectivity index (χ3v) is 6.58. The van der Waals surface area contributed by atoms with E-state index in [-0.39, 0.29) is 0 Å². The first-order valence-corrected chi connectivity index (χ1v) is 12.6. The van der Waals surface area contributed by atoms with E-state index in [0.29, 0.717) is 10.0 Å². The molecule has 2 heterocycles. The SMILES string of the molecule is CN(C)CCN(CCN(C)CCNc1ccnc2cc(Cl)ccc12)c1ccnc2cc(Cl)ccc12. The first kappa shape index (κ1) is 25.5. The van der Waals surface area contributed by atoms with Crippen LogP contribution in [0.4, 0.5) is 11.4 Å². The van der Waals surface area contributed by atoms with Gasteiger partial charge in [0, 0.05) is 83.9 Å². The number of nitrogens with zero attached hydrogens (tertiary/aromatic N) is 5. The topological polar surface area (TPSA) is 47.5 Å². The van der Waals surface area contributed by atoms with E-state index >= 15 is 0 Å². The predicted octanol–water partition coefficient (Wildman–Crippen LogP) is 5.50. The summed E-state index contributed by atoms with van der Waals surface area (Å²) in [5, 5.41) is 7.18. The largest absolute Gasteiger partial charge is 0.383 e. The molecule has 0 aliphatic carbocycles. The fraction of sp³-hybridized carbons (Fsp3) is 0.333. The molecule has 2 aromatic heterocycles. The number of benzene rings is 2. The average Bonchev–Trinajstić information content (AvgIpc) is 2.83. The maximum absolute atomic E-state index is 6.21. The quantitative estimate of drug-likeness (QED) is 0.287. The average molecular weight is 512 g/mol. The number of hydrogen-bond donors (Lipinski definition) is 1. The van der Waals surface area contributed by atoms with E-state index in [1.807, 2.05) is 48.8 Å². The lowest BCUT2D eigenvalue weighted by Crippen LogP contribution is -2.38. The Balaban J connectivity index is 1.38. The van der Waals surface area contributed by atoms with Crippen molar-refractivity contribution >= 4 is 56.4 Å². The Morgan fingerprint density at radius 1 is 0.714 bits per heavy atom. The fourth-order valence-corrected chi connectivity index (χ4v) is 4.45. The smallest absolute Gasteiger partial charge is 0.0737 e. The summed E-state index contributed by atoms with van der Waals surface area (Å²) in [6.07, 6.45) is 3.69. The van der Waals surface area contributed by atoms with Gasteiger partial charge in [0.1, 0.15) is 0 Å². The van der Waals surface area contributed by atoms with Gasteiger partial charge in [-0.3, -0.25) is 9.97 Å². The number of aromatic nitrogens is 2. The van der Waals surface area contributed by atoms with Crippen LogP contribution in [0.5, 0.6) is 0 Å². The van der Waals surface area contributed by atoms with Crippen LogP contribution in [0.2, 0.25) is 10.0 Å². The molecular formula is C27H32Cl2N6. The first-order valence-electron chi connectivity index (χ1n) is 11.8. The molecule has 0 atom stereocenters. The molecule has 0 bridgehead atoms. The standard InChI is InChI=1S/C27H32Cl2N6/c1-33(2)14-16-35(27-9-11-31-26-19-21(29)5-7-23(26)27)17-15-34(3)13-12-32-24-8-10-30-25-18-20(28)4-6-22(24)25/h4-11,18-19H,12-17H2,1-3H3,(H,30,32). The van der Waals surface area contributed by atoms with E-state index in [1.54, 1.807) is 0 Å². The van der Waals surface area contributed by atoms with Gasteiger partial charge >= 0.3 is 0 Å². The molecule has 6 nitrogen and oxygen atoms in total. The van der Waals surface area contributed by atoms with Crippen molar-refractivity contribution in [3.63, 3.8) is 0 Å². The number of halogens is 2. The highest BCUT2D eigenvalue weighted by Gasteiger charge is 2.13. The van der Waals surface area contributed by atoms with Gasteiger partial charge in [-0.15, -0.1) is 0 Å². The number of rotatable bonds is 11. The molecule has 0 aliphatic rings. The normalized spacial score (nSPS) is 11.6. The van der Waals surface area contributed by atoms with E-state index in [0.717, 1.165) is 66.8 Å². The van der Waals surface area contributed by atoms with Crippen LogP contribution < -0.4 is 10.2 Å². The van der Waals surface area contributed by atoms with E-state index < -0.39 is 0 Å². The monoisotopic (exact) mass is 510 g/mol. The zero-order valence-electron chi connectivity index (χ0n) is 20.5. The van der Waals surface area contributed by atoms with Crippen LogP contribution in [0.25, 0.3) is 21.8 Å². The van der Waals surface area contributed by atoms with Gasteiger partial charge in [0.15, 0.2) is 0 Å². The number of anilines is 2. The highest BCUT2D eigenvalue weighted by atomic mass is 35.5. The second-order valence-corrected chi connectivity index (χ2v) is 9.90. The lowest BCUT2D eigenvalue weighted by molar-refractivity contribution is 0.347. The molecule has 4 aromatic rings. The van der Waals surface area contributed by atoms with Gasteiger partial charge in [-0.05, 0) is 69.7 Å². The third-order valence-electron chi connectivity index (χ3n) is 6.10. The zero-order chi connectivity index (χ0) is 24.8. The Kier molecular flexibility index (Phi) is 8.63. The number of pyridine rings is 2. The van der Waals surface area contributed by atoms with Crippen molar-refractivity contribution in [3.05, 3.63) is 71.0 Å². The molecule has 184 valence electrons. The van der Waals surface area contributed by atoms with Gasteiger partial charge in [-0.25, -0.2) is 0 Å². The molecular weight excluding hydrogens is 479 g/mol. The molecule has 1 N–H and O–H groups in total. The second-order valence-electron chi connectivity index (χ2n) is 9.03. The van der Waals surface area contributed by atoms with Crippen molar-refractivity contribution in [2.24, 2.45) is 0 Å². The molecule has 0 saturated heterocycles. The van der Waals surface area contributed by atoms with Crippen LogP contribution in [0.15, 0.2) is 60.9 Å². The van der Waals surface area contributed by atoms with E-state index in [1.165, 1.54) is 5.69 Å². The summed E-state index contributed by atoms with van der Waals surface area (Å²) >= 11 is 12.3. The van der Waals surface area contributed by atoms with Crippen LogP contribution in [0.1, 0.15) is 0 Å². The van der Waals surface area contributed by atoms with Crippen LogP contribution in [0.3, 0.4) is 0 Å². The van der Waals surface area contributed by atoms with Crippen molar-refractivity contribution in [1.82, 2.24) is 19.8 Å². The van der Waals surface area contributed by atoms with Crippen LogP contribution >= 0.6 is 23.2 Å². The third kappa shape index (κ3) is 6.73. The highest BCUT2D eigenvalue weighted by molar-refractivity contribution is 6.31. The van der Waals surface area contributed by atoms with Crippen LogP contribution in [0, 0.1) is 0 Å². The molecule has 0 unspecified atom stereocenters. The minimum atomic E-state index is 0.700. The summed E-state index contributed by atoms with van der Waals surface area (Å²) in [5.41, 5.74) is 4.10. The van der Waals surface area contributed by atoms with Crippen molar-refractivity contribution in [2.45, 2.75) is 0 Å². The summed E-state index contributed by atoms with van der Waals surface area (Å²) in [7, 11) is 6.38. The first-order chi connectivity index (χ1) is 16.9. The molecule has 2 aromatic carbocycles. The minimum absolute atomic E-state index is 0.700. The molecule has 0 spiro atoms. The number of nitrogens with one attached hydrogen (secondary N) is 1. The second kappa shape index (κ2) is 11.9. The maximum atomic E-state index is 6.21. The minimum Gasteiger partial charge on any atom is -0.383 e. The van der Waals surface area contributed by atoms with Gasteiger partial charge in [0.05, 0.1) is 11.0 Å². The van der Waals surface area contributed by atoms with Crippen molar-refractivity contribution in [1.29, 1.82) is 0 Å². The highest BCUT2D eigenvalue weighted by Crippen LogP contribution is 2.27. The van der Waals surface area contributed by atoms with E-state index in [4.69, 9.17) is 23.2 Å². The summed E-state index contributed by atoms with van der Waals surface area (Å²) in [6, 6.07) is 15.9. The molecule has 0 aliphatic heterocycles. The predicted molar refractivity (Wildman–Crippen MR) is 150 cm³/mol. The molecule has 0 saturated carbocycles. The summed E-state index contributed by atoms with van der Waals surface area (Å²) in [4.78, 5) is 16.0. The Bertz CT molecular complexity index is 1280. The van der Waals surface area contributed by atoms with Gasteiger partial charge in [0.2, 0.25) is 0 Å². The van der Waals surface area contributed by atoms with E-state index in [9.17, 15) is 0 Å². The van der Waals surface area contributed by atoms with Gasteiger partial charge < -0.3 is 20.0 Å². The molecule has 8 heteroatoms. The van der Waals surface area contributed by atoms with Crippen molar-refractivity contribution < 1.29 is 0 Å². The van der Waals surface area contributed by atoms with Crippen LogP contribution in [-0.2, 0) is 0 Å². The Labute approximate surface area is 217 Å². The number of likely N-dealkylation sites (N-methyl/N-ethyl adjacent to an activating group) is 2. The maximum Gasteiger partial charge on any atom is 0.0737 e. The van der Waals surface area contributed by atoms with Gasteiger partial charge in [0.25, 0.3) is 0 Å². The van der Waals surface area contributed by atoms with Crippen LogP contribution in [-0.4, -0.2) is 80.2 Å². The van der Waals surface area contributed by atoms with Crippen molar-refractivity contribution in [3.8, 4) is 0 Å². The fourth-order valence-electron chi connectivity index (χ4n) is 4.12. The lowest BCUT2D eigenvalue weighted by atomic mass is 10.1. The molecule has 0 fully saturated rings. The summed E-state index contributed by atoms with van der Waals surface area (Å²) in [5.74, 6) is 0. The number of hydrogen-bond acceptors (Lipinski definition) is 6. The number of fused-ring (bicyclic) bond motifs is 2. The molecule has 4 rings (SSSR count). The lowest BCUT2D eigenvalue weighted by Gasteiger charge is -2.29. The van der Waals surface area contributed by atoms with E-state index in [2.05, 4.69) is 63.3 Å². The summed E-state index contributed by atoms with van der Waals surface area (Å²) < 4.78 is 0. The summed E-state index contributed by atoms with van der Waals surface area (Å²) in [6.45, 7) is 5.54. The molecule has 0 amide bonds. The molecule has 0 radical (unpaired) electrons. The Hall–Kier alpha value is -2.64. The Morgan fingerprint density at radius 3 is 2.06 bits per heavy atom. The van der Waals surface area contributed by atoms with Gasteiger partial charge in [-0.2, -0.15) is 0 Å². The van der Waals surface area contributed by atoms with Gasteiger partial charge in [-0.1, -0.05) is 23.2 Å². The molecule has 35 heavy (non-hydrogen) atoms.